The molecule has 0 bridgehead atoms. The standard InChI is InChI=1S/C15H22N2O/c1-5-15(2,3)14(18)10-12-11-8-6-7-9-13(11)17(4)16-12/h6-9,14,18H,5,10H2,1-4H3. The molecule has 1 heterocycles. The number of benzene rings is 1. The van der Waals surface area contributed by atoms with Crippen LogP contribution in [0.4, 0.5) is 0 Å². The molecule has 0 saturated heterocycles. The SMILES string of the molecule is CCC(C)(C)C(O)Cc1nn(C)c2ccccc12. The van der Waals surface area contributed by atoms with Crippen LogP contribution < -0.4 is 0 Å². The maximum Gasteiger partial charge on any atom is 0.0729 e. The average Bonchev–Trinajstić information content (AvgIpc) is 2.67. The molecule has 1 atom stereocenters. The first-order valence-corrected chi connectivity index (χ1v) is 6.54. The van der Waals surface area contributed by atoms with Gasteiger partial charge in [0, 0.05) is 18.9 Å². The lowest BCUT2D eigenvalue weighted by Gasteiger charge is -2.28. The van der Waals surface area contributed by atoms with Gasteiger partial charge in [0.1, 0.15) is 0 Å². The van der Waals surface area contributed by atoms with E-state index in [9.17, 15) is 5.11 Å². The minimum atomic E-state index is -0.360. The predicted molar refractivity (Wildman–Crippen MR) is 74.5 cm³/mol. The molecule has 0 fully saturated rings. The van der Waals surface area contributed by atoms with Crippen molar-refractivity contribution in [1.29, 1.82) is 0 Å². The van der Waals surface area contributed by atoms with Gasteiger partial charge in [-0.1, -0.05) is 39.0 Å². The zero-order valence-corrected chi connectivity index (χ0v) is 11.6. The topological polar surface area (TPSA) is 38.1 Å². The number of aliphatic hydroxyl groups is 1. The van der Waals surface area contributed by atoms with Crippen molar-refractivity contribution >= 4 is 10.9 Å². The van der Waals surface area contributed by atoms with Crippen molar-refractivity contribution < 1.29 is 5.11 Å². The summed E-state index contributed by atoms with van der Waals surface area (Å²) in [6, 6.07) is 8.16. The van der Waals surface area contributed by atoms with Gasteiger partial charge < -0.3 is 5.11 Å². The van der Waals surface area contributed by atoms with E-state index in [1.807, 2.05) is 23.9 Å². The minimum Gasteiger partial charge on any atom is -0.392 e. The average molecular weight is 246 g/mol. The molecule has 1 unspecified atom stereocenters. The highest BCUT2D eigenvalue weighted by Crippen LogP contribution is 2.28. The fourth-order valence-corrected chi connectivity index (χ4v) is 2.13. The van der Waals surface area contributed by atoms with Gasteiger partial charge in [-0.05, 0) is 17.9 Å². The Morgan fingerprint density at radius 1 is 1.33 bits per heavy atom. The fraction of sp³-hybridized carbons (Fsp3) is 0.533. The molecule has 0 saturated carbocycles. The van der Waals surface area contributed by atoms with Crippen LogP contribution in [0, 0.1) is 5.41 Å². The number of hydrogen-bond acceptors (Lipinski definition) is 2. The van der Waals surface area contributed by atoms with Crippen LogP contribution in [0.15, 0.2) is 24.3 Å². The predicted octanol–water partition coefficient (Wildman–Crippen LogP) is 2.91. The molecule has 1 aromatic heterocycles. The molecule has 0 spiro atoms. The third-order valence-electron chi connectivity index (χ3n) is 4.03. The van der Waals surface area contributed by atoms with Crippen LogP contribution in [0.1, 0.15) is 32.9 Å². The van der Waals surface area contributed by atoms with Crippen LogP contribution in [-0.2, 0) is 13.5 Å². The smallest absolute Gasteiger partial charge is 0.0729 e. The lowest BCUT2D eigenvalue weighted by atomic mass is 9.81. The highest BCUT2D eigenvalue weighted by Gasteiger charge is 2.27. The summed E-state index contributed by atoms with van der Waals surface area (Å²) < 4.78 is 1.89. The second-order valence-electron chi connectivity index (χ2n) is 5.65. The van der Waals surface area contributed by atoms with Crippen LogP contribution >= 0.6 is 0 Å². The molecule has 0 aliphatic rings. The van der Waals surface area contributed by atoms with E-state index in [1.165, 1.54) is 0 Å². The Morgan fingerprint density at radius 3 is 2.67 bits per heavy atom. The molecule has 18 heavy (non-hydrogen) atoms. The highest BCUT2D eigenvalue weighted by molar-refractivity contribution is 5.81. The Balaban J connectivity index is 2.33. The number of nitrogens with zero attached hydrogens (tertiary/aromatic N) is 2. The summed E-state index contributed by atoms with van der Waals surface area (Å²) in [6.07, 6.45) is 1.21. The number of fused-ring (bicyclic) bond motifs is 1. The molecule has 0 aliphatic carbocycles. The number of para-hydroxylation sites is 1. The Hall–Kier alpha value is -1.35. The summed E-state index contributed by atoms with van der Waals surface area (Å²) in [6.45, 7) is 6.31. The number of aryl methyl sites for hydroxylation is 1. The normalized spacial score (nSPS) is 14.1. The maximum atomic E-state index is 10.3. The third kappa shape index (κ3) is 2.27. The Kier molecular flexibility index (Phi) is 3.44. The van der Waals surface area contributed by atoms with E-state index in [0.717, 1.165) is 23.0 Å². The van der Waals surface area contributed by atoms with Gasteiger partial charge in [-0.15, -0.1) is 0 Å². The van der Waals surface area contributed by atoms with Crippen molar-refractivity contribution in [2.24, 2.45) is 12.5 Å². The zero-order valence-electron chi connectivity index (χ0n) is 11.6. The number of aromatic nitrogens is 2. The molecule has 0 aliphatic heterocycles. The van der Waals surface area contributed by atoms with Crippen molar-refractivity contribution in [3.05, 3.63) is 30.0 Å². The summed E-state index contributed by atoms with van der Waals surface area (Å²) in [5.41, 5.74) is 2.04. The van der Waals surface area contributed by atoms with Crippen molar-refractivity contribution in [2.75, 3.05) is 0 Å². The minimum absolute atomic E-state index is 0.0708. The molecule has 1 aromatic carbocycles. The van der Waals surface area contributed by atoms with Gasteiger partial charge in [-0.2, -0.15) is 5.10 Å². The van der Waals surface area contributed by atoms with E-state index >= 15 is 0 Å². The fourth-order valence-electron chi connectivity index (χ4n) is 2.13. The van der Waals surface area contributed by atoms with Gasteiger partial charge in [0.25, 0.3) is 0 Å². The van der Waals surface area contributed by atoms with E-state index in [4.69, 9.17) is 0 Å². The lowest BCUT2D eigenvalue weighted by Crippen LogP contribution is -2.30. The van der Waals surface area contributed by atoms with Crippen molar-refractivity contribution in [2.45, 2.75) is 39.7 Å². The molecule has 1 N–H and O–H groups in total. The van der Waals surface area contributed by atoms with E-state index in [0.29, 0.717) is 6.42 Å². The summed E-state index contributed by atoms with van der Waals surface area (Å²) in [4.78, 5) is 0. The van der Waals surface area contributed by atoms with E-state index in [1.54, 1.807) is 0 Å². The second-order valence-corrected chi connectivity index (χ2v) is 5.65. The molecule has 2 aromatic rings. The summed E-state index contributed by atoms with van der Waals surface area (Å²) in [7, 11) is 1.95. The van der Waals surface area contributed by atoms with E-state index in [2.05, 4.69) is 38.0 Å². The number of hydrogen-bond donors (Lipinski definition) is 1. The van der Waals surface area contributed by atoms with Crippen LogP contribution in [0.25, 0.3) is 10.9 Å². The van der Waals surface area contributed by atoms with E-state index in [-0.39, 0.29) is 11.5 Å². The molecular formula is C15H22N2O. The number of aliphatic hydroxyl groups excluding tert-OH is 1. The van der Waals surface area contributed by atoms with Crippen molar-refractivity contribution in [3.63, 3.8) is 0 Å². The van der Waals surface area contributed by atoms with Crippen LogP contribution in [0.3, 0.4) is 0 Å². The van der Waals surface area contributed by atoms with Gasteiger partial charge in [0.15, 0.2) is 0 Å². The van der Waals surface area contributed by atoms with Crippen molar-refractivity contribution in [3.8, 4) is 0 Å². The van der Waals surface area contributed by atoms with Gasteiger partial charge in [-0.3, -0.25) is 4.68 Å². The Labute approximate surface area is 108 Å². The van der Waals surface area contributed by atoms with E-state index < -0.39 is 0 Å². The second kappa shape index (κ2) is 4.73. The molecule has 98 valence electrons. The lowest BCUT2D eigenvalue weighted by molar-refractivity contribution is 0.0473. The van der Waals surface area contributed by atoms with Crippen LogP contribution in [0.2, 0.25) is 0 Å². The Morgan fingerprint density at radius 2 is 2.00 bits per heavy atom. The zero-order chi connectivity index (χ0) is 13.3. The number of rotatable bonds is 4. The molecular weight excluding hydrogens is 224 g/mol. The van der Waals surface area contributed by atoms with Gasteiger partial charge >= 0.3 is 0 Å². The van der Waals surface area contributed by atoms with Gasteiger partial charge in [0.05, 0.1) is 17.3 Å². The molecule has 0 amide bonds. The maximum absolute atomic E-state index is 10.3. The first-order valence-electron chi connectivity index (χ1n) is 6.54. The molecule has 3 heteroatoms. The molecule has 2 rings (SSSR count). The molecule has 0 radical (unpaired) electrons. The summed E-state index contributed by atoms with van der Waals surface area (Å²) in [5.74, 6) is 0. The Bertz CT molecular complexity index is 542. The summed E-state index contributed by atoms with van der Waals surface area (Å²) >= 11 is 0. The largest absolute Gasteiger partial charge is 0.392 e. The summed E-state index contributed by atoms with van der Waals surface area (Å²) in [5, 5.41) is 16.0. The van der Waals surface area contributed by atoms with Crippen LogP contribution in [0.5, 0.6) is 0 Å². The molecule has 3 nitrogen and oxygen atoms in total. The monoisotopic (exact) mass is 246 g/mol. The van der Waals surface area contributed by atoms with Crippen molar-refractivity contribution in [1.82, 2.24) is 9.78 Å². The highest BCUT2D eigenvalue weighted by atomic mass is 16.3. The first-order chi connectivity index (χ1) is 8.45. The van der Waals surface area contributed by atoms with Gasteiger partial charge in [0.2, 0.25) is 0 Å². The van der Waals surface area contributed by atoms with Gasteiger partial charge in [-0.25, -0.2) is 0 Å². The third-order valence-corrected chi connectivity index (χ3v) is 4.03. The quantitative estimate of drug-likeness (QED) is 0.900. The first kappa shape index (κ1) is 13.1. The van der Waals surface area contributed by atoms with Crippen LogP contribution in [-0.4, -0.2) is 21.0 Å².